The summed E-state index contributed by atoms with van der Waals surface area (Å²) in [4.78, 5) is 27.3. The van der Waals surface area contributed by atoms with E-state index in [1.165, 1.54) is 4.90 Å². The monoisotopic (exact) mass is 484 g/mol. The molecule has 0 aliphatic carbocycles. The first-order valence-electron chi connectivity index (χ1n) is 11.8. The normalized spacial score (nSPS) is 20.0. The van der Waals surface area contributed by atoms with E-state index >= 15 is 0 Å². The highest BCUT2D eigenvalue weighted by atomic mass is 32.2. The number of carbonyl (C=O) groups is 2. The SMILES string of the molecule is CC(C)C1=C(C(=O)O)N2C(=O)[C@H](NC(c3ccccc3)(c3ccccc3)c3ccccc3)[C@H]2SC1. The van der Waals surface area contributed by atoms with Gasteiger partial charge in [0.1, 0.15) is 17.1 Å². The maximum absolute atomic E-state index is 13.6. The summed E-state index contributed by atoms with van der Waals surface area (Å²) in [5, 5.41) is 13.4. The van der Waals surface area contributed by atoms with Crippen LogP contribution in [0.3, 0.4) is 0 Å². The number of carbonyl (C=O) groups excluding carboxylic acids is 1. The number of aliphatic carboxylic acids is 1. The number of nitrogens with one attached hydrogen (secondary N) is 1. The largest absolute Gasteiger partial charge is 0.477 e. The van der Waals surface area contributed by atoms with Crippen molar-refractivity contribution < 1.29 is 14.7 Å². The van der Waals surface area contributed by atoms with Gasteiger partial charge in [0.05, 0.1) is 5.54 Å². The zero-order valence-corrected chi connectivity index (χ0v) is 20.5. The highest BCUT2D eigenvalue weighted by Crippen LogP contribution is 2.45. The minimum Gasteiger partial charge on any atom is -0.477 e. The summed E-state index contributed by atoms with van der Waals surface area (Å²) >= 11 is 1.63. The average molecular weight is 485 g/mol. The van der Waals surface area contributed by atoms with Gasteiger partial charge in [-0.1, -0.05) is 105 Å². The molecule has 2 atom stereocenters. The van der Waals surface area contributed by atoms with Gasteiger partial charge in [0, 0.05) is 5.75 Å². The third-order valence-electron chi connectivity index (χ3n) is 6.89. The molecule has 1 amide bonds. The van der Waals surface area contributed by atoms with Crippen molar-refractivity contribution in [3.8, 4) is 0 Å². The highest BCUT2D eigenvalue weighted by Gasteiger charge is 2.56. The zero-order chi connectivity index (χ0) is 24.6. The number of carboxylic acid groups (broad SMARTS) is 1. The number of thioether (sulfide) groups is 1. The molecule has 2 aliphatic rings. The number of hydrogen-bond donors (Lipinski definition) is 2. The molecule has 6 heteroatoms. The van der Waals surface area contributed by atoms with Crippen molar-refractivity contribution in [3.63, 3.8) is 0 Å². The predicted molar refractivity (Wildman–Crippen MR) is 139 cm³/mol. The van der Waals surface area contributed by atoms with E-state index in [0.717, 1.165) is 22.3 Å². The van der Waals surface area contributed by atoms with Gasteiger partial charge < -0.3 is 5.11 Å². The Morgan fingerprint density at radius 2 is 1.37 bits per heavy atom. The van der Waals surface area contributed by atoms with Crippen LogP contribution < -0.4 is 5.32 Å². The molecule has 1 saturated heterocycles. The van der Waals surface area contributed by atoms with Gasteiger partial charge in [0.25, 0.3) is 0 Å². The Morgan fingerprint density at radius 1 is 0.914 bits per heavy atom. The summed E-state index contributed by atoms with van der Waals surface area (Å²) in [7, 11) is 0. The average Bonchev–Trinajstić information content (AvgIpc) is 2.89. The Morgan fingerprint density at radius 3 is 1.77 bits per heavy atom. The molecule has 178 valence electrons. The topological polar surface area (TPSA) is 69.6 Å². The summed E-state index contributed by atoms with van der Waals surface area (Å²) in [5.74, 6) is -0.580. The number of benzene rings is 3. The van der Waals surface area contributed by atoms with Gasteiger partial charge in [-0.15, -0.1) is 11.8 Å². The molecule has 2 aliphatic heterocycles. The van der Waals surface area contributed by atoms with E-state index in [-0.39, 0.29) is 22.9 Å². The Bertz CT molecular complexity index is 1160. The van der Waals surface area contributed by atoms with Crippen molar-refractivity contribution in [2.24, 2.45) is 5.92 Å². The number of hydrogen-bond acceptors (Lipinski definition) is 4. The Balaban J connectivity index is 1.63. The summed E-state index contributed by atoms with van der Waals surface area (Å²) in [6, 6.07) is 29.8. The van der Waals surface area contributed by atoms with Gasteiger partial charge in [-0.3, -0.25) is 15.0 Å². The van der Waals surface area contributed by atoms with Crippen LogP contribution in [0.4, 0.5) is 0 Å². The third-order valence-corrected chi connectivity index (χ3v) is 8.19. The second kappa shape index (κ2) is 9.36. The second-order valence-electron chi connectivity index (χ2n) is 9.21. The van der Waals surface area contributed by atoms with Crippen molar-refractivity contribution >= 4 is 23.6 Å². The van der Waals surface area contributed by atoms with Gasteiger partial charge in [0.15, 0.2) is 0 Å². The molecule has 5 rings (SSSR count). The lowest BCUT2D eigenvalue weighted by Gasteiger charge is -2.53. The molecule has 0 radical (unpaired) electrons. The quantitative estimate of drug-likeness (QED) is 0.371. The molecular weight excluding hydrogens is 456 g/mol. The van der Waals surface area contributed by atoms with Gasteiger partial charge in [0.2, 0.25) is 5.91 Å². The molecule has 3 aromatic carbocycles. The molecule has 1 fully saturated rings. The van der Waals surface area contributed by atoms with Crippen molar-refractivity contribution in [2.75, 3.05) is 5.75 Å². The second-order valence-corrected chi connectivity index (χ2v) is 10.3. The third kappa shape index (κ3) is 3.87. The number of fused-ring (bicyclic) bond motifs is 1. The summed E-state index contributed by atoms with van der Waals surface area (Å²) in [5.41, 5.74) is 3.22. The van der Waals surface area contributed by atoms with E-state index in [9.17, 15) is 14.7 Å². The van der Waals surface area contributed by atoms with E-state index in [1.54, 1.807) is 11.8 Å². The highest BCUT2D eigenvalue weighted by molar-refractivity contribution is 8.00. The number of rotatable bonds is 7. The van der Waals surface area contributed by atoms with Crippen molar-refractivity contribution in [1.82, 2.24) is 10.2 Å². The van der Waals surface area contributed by atoms with Crippen LogP contribution in [0.5, 0.6) is 0 Å². The van der Waals surface area contributed by atoms with Gasteiger partial charge in [-0.2, -0.15) is 0 Å². The van der Waals surface area contributed by atoms with Gasteiger partial charge in [-0.25, -0.2) is 4.79 Å². The molecule has 0 bridgehead atoms. The number of β-lactam (4-membered cyclic amide) rings is 1. The number of nitrogens with zero attached hydrogens (tertiary/aromatic N) is 1. The van der Waals surface area contributed by atoms with Crippen molar-refractivity contribution in [3.05, 3.63) is 119 Å². The molecule has 0 saturated carbocycles. The molecule has 2 heterocycles. The first kappa shape index (κ1) is 23.4. The lowest BCUT2D eigenvalue weighted by Crippen LogP contribution is -2.72. The summed E-state index contributed by atoms with van der Waals surface area (Å²) in [6.07, 6.45) is 0. The van der Waals surface area contributed by atoms with Crippen LogP contribution in [-0.2, 0) is 15.1 Å². The molecule has 2 N–H and O–H groups in total. The minimum absolute atomic E-state index is 0.0615. The smallest absolute Gasteiger partial charge is 0.352 e. The Labute approximate surface area is 209 Å². The fraction of sp³-hybridized carbons (Fsp3) is 0.241. The minimum atomic E-state index is -1.04. The van der Waals surface area contributed by atoms with Gasteiger partial charge >= 0.3 is 5.97 Å². The standard InChI is InChI=1S/C29H28N2O3S/c1-19(2)23-18-35-27-24(26(32)31(27)25(23)28(33)34)30-29(20-12-6-3-7-13-20,21-14-8-4-9-15-21)22-16-10-5-11-17-22/h3-17,19,24,27,30H,18H2,1-2H3,(H,33,34)/t24-,27+/m0/s1. The first-order chi connectivity index (χ1) is 16.9. The molecule has 0 unspecified atom stereocenters. The molecule has 5 nitrogen and oxygen atoms in total. The van der Waals surface area contributed by atoms with E-state index in [0.29, 0.717) is 5.75 Å². The molecule has 35 heavy (non-hydrogen) atoms. The summed E-state index contributed by atoms with van der Waals surface area (Å²) < 4.78 is 0. The van der Waals surface area contributed by atoms with Crippen LogP contribution in [0, 0.1) is 5.92 Å². The fourth-order valence-corrected chi connectivity index (χ4v) is 6.69. The molecule has 0 aromatic heterocycles. The van der Waals surface area contributed by atoms with Crippen LogP contribution in [0.25, 0.3) is 0 Å². The van der Waals surface area contributed by atoms with Crippen molar-refractivity contribution in [1.29, 1.82) is 0 Å². The maximum Gasteiger partial charge on any atom is 0.352 e. The van der Waals surface area contributed by atoms with E-state index in [1.807, 2.05) is 68.4 Å². The van der Waals surface area contributed by atoms with Crippen LogP contribution in [0.2, 0.25) is 0 Å². The van der Waals surface area contributed by atoms with E-state index in [4.69, 9.17) is 0 Å². The predicted octanol–water partition coefficient (Wildman–Crippen LogP) is 4.85. The Hall–Kier alpha value is -3.35. The van der Waals surface area contributed by atoms with E-state index in [2.05, 4.69) is 41.7 Å². The fourth-order valence-electron chi connectivity index (χ4n) is 5.13. The Kier molecular flexibility index (Phi) is 6.26. The lowest BCUT2D eigenvalue weighted by molar-refractivity contribution is -0.149. The number of carboxylic acids is 1. The molecule has 0 spiro atoms. The van der Waals surface area contributed by atoms with Crippen LogP contribution in [0.1, 0.15) is 30.5 Å². The molecular formula is C29H28N2O3S. The van der Waals surface area contributed by atoms with Crippen LogP contribution >= 0.6 is 11.8 Å². The zero-order valence-electron chi connectivity index (χ0n) is 19.7. The summed E-state index contributed by atoms with van der Waals surface area (Å²) in [6.45, 7) is 3.95. The molecule has 3 aromatic rings. The van der Waals surface area contributed by atoms with Crippen LogP contribution in [-0.4, -0.2) is 39.1 Å². The van der Waals surface area contributed by atoms with Crippen LogP contribution in [0.15, 0.2) is 102 Å². The number of amides is 1. The van der Waals surface area contributed by atoms with Gasteiger partial charge in [-0.05, 0) is 28.2 Å². The lowest BCUT2D eigenvalue weighted by atomic mass is 9.76. The van der Waals surface area contributed by atoms with Crippen molar-refractivity contribution in [2.45, 2.75) is 30.8 Å². The van der Waals surface area contributed by atoms with E-state index < -0.39 is 17.6 Å². The maximum atomic E-state index is 13.6. The first-order valence-corrected chi connectivity index (χ1v) is 12.9.